The van der Waals surface area contributed by atoms with Gasteiger partial charge in [-0.2, -0.15) is 0 Å². The zero-order valence-electron chi connectivity index (χ0n) is 15.9. The Morgan fingerprint density at radius 2 is 2.00 bits per heavy atom. The van der Waals surface area contributed by atoms with Crippen molar-refractivity contribution >= 4 is 11.6 Å². The summed E-state index contributed by atoms with van der Waals surface area (Å²) in [7, 11) is 0. The van der Waals surface area contributed by atoms with Gasteiger partial charge < -0.3 is 15.1 Å². The molecule has 0 radical (unpaired) electrons. The molecule has 1 aliphatic heterocycles. The number of aliphatic hydroxyl groups is 2. The number of rotatable bonds is 9. The third-order valence-electron chi connectivity index (χ3n) is 5.18. The van der Waals surface area contributed by atoms with Crippen molar-refractivity contribution in [3.8, 4) is 0 Å². The van der Waals surface area contributed by atoms with E-state index in [4.69, 9.17) is 0 Å². The standard InChI is InChI=1S/C20H30F2N2O3/c1-15(26)24(20-7-6-16(21)12-19(20)22)10-5-3-2-4-9-23-11-8-18(27)13-17(23)14-25/h6-7,12,17-18,25,27H,2-5,8-11,13-14H2,1H3. The zero-order chi connectivity index (χ0) is 19.8. The molecule has 1 heterocycles. The Labute approximate surface area is 159 Å². The van der Waals surface area contributed by atoms with E-state index in [-0.39, 0.29) is 30.3 Å². The monoisotopic (exact) mass is 384 g/mol. The van der Waals surface area contributed by atoms with Crippen LogP contribution in [0.2, 0.25) is 0 Å². The molecule has 1 aliphatic rings. The summed E-state index contributed by atoms with van der Waals surface area (Å²) in [5.74, 6) is -1.66. The van der Waals surface area contributed by atoms with E-state index in [0.717, 1.165) is 57.3 Å². The average Bonchev–Trinajstić information content (AvgIpc) is 2.62. The summed E-state index contributed by atoms with van der Waals surface area (Å²) in [4.78, 5) is 15.4. The van der Waals surface area contributed by atoms with Crippen LogP contribution in [0.4, 0.5) is 14.5 Å². The predicted molar refractivity (Wildman–Crippen MR) is 101 cm³/mol. The number of likely N-dealkylation sites (tertiary alicyclic amines) is 1. The number of carbonyl (C=O) groups excluding carboxylic acids is 1. The molecule has 2 atom stereocenters. The third-order valence-corrected chi connectivity index (χ3v) is 5.18. The fourth-order valence-corrected chi connectivity index (χ4v) is 3.65. The molecule has 2 rings (SSSR count). The summed E-state index contributed by atoms with van der Waals surface area (Å²) in [5, 5.41) is 19.1. The van der Waals surface area contributed by atoms with E-state index in [1.165, 1.54) is 17.9 Å². The molecule has 0 saturated carbocycles. The smallest absolute Gasteiger partial charge is 0.223 e. The molecule has 7 heteroatoms. The molecule has 0 spiro atoms. The Bertz CT molecular complexity index is 615. The lowest BCUT2D eigenvalue weighted by atomic mass is 9.99. The van der Waals surface area contributed by atoms with Gasteiger partial charge in [0.25, 0.3) is 0 Å². The van der Waals surface area contributed by atoms with Gasteiger partial charge >= 0.3 is 0 Å². The number of anilines is 1. The van der Waals surface area contributed by atoms with Crippen molar-refractivity contribution < 1.29 is 23.8 Å². The van der Waals surface area contributed by atoms with Crippen LogP contribution in [-0.4, -0.2) is 59.4 Å². The highest BCUT2D eigenvalue weighted by Crippen LogP contribution is 2.22. The van der Waals surface area contributed by atoms with Crippen LogP contribution in [0.1, 0.15) is 45.4 Å². The average molecular weight is 384 g/mol. The number of unbranched alkanes of at least 4 members (excludes halogenated alkanes) is 3. The van der Waals surface area contributed by atoms with Gasteiger partial charge in [-0.05, 0) is 44.4 Å². The van der Waals surface area contributed by atoms with Crippen molar-refractivity contribution in [3.05, 3.63) is 29.8 Å². The number of amides is 1. The summed E-state index contributed by atoms with van der Waals surface area (Å²) >= 11 is 0. The number of carbonyl (C=O) groups is 1. The third kappa shape index (κ3) is 6.52. The topological polar surface area (TPSA) is 64.0 Å². The van der Waals surface area contributed by atoms with Gasteiger partial charge in [0, 0.05) is 32.1 Å². The SMILES string of the molecule is CC(=O)N(CCCCCCN1CCC(O)CC1CO)c1ccc(F)cc1F. The number of nitrogens with zero attached hydrogens (tertiary/aromatic N) is 2. The van der Waals surface area contributed by atoms with Gasteiger partial charge in [0.1, 0.15) is 11.6 Å². The second kappa shape index (κ2) is 10.7. The van der Waals surface area contributed by atoms with E-state index in [1.54, 1.807) is 0 Å². The number of hydrogen-bond donors (Lipinski definition) is 2. The second-order valence-corrected chi connectivity index (χ2v) is 7.23. The van der Waals surface area contributed by atoms with Crippen LogP contribution in [0.3, 0.4) is 0 Å². The van der Waals surface area contributed by atoms with Gasteiger partial charge in [-0.15, -0.1) is 0 Å². The first-order valence-electron chi connectivity index (χ1n) is 9.68. The molecular weight excluding hydrogens is 354 g/mol. The molecule has 1 saturated heterocycles. The number of aliphatic hydroxyl groups excluding tert-OH is 2. The van der Waals surface area contributed by atoms with Crippen LogP contribution in [0.5, 0.6) is 0 Å². The van der Waals surface area contributed by atoms with Crippen molar-refractivity contribution in [2.24, 2.45) is 0 Å². The maximum Gasteiger partial charge on any atom is 0.223 e. The van der Waals surface area contributed by atoms with E-state index < -0.39 is 11.6 Å². The maximum atomic E-state index is 13.9. The van der Waals surface area contributed by atoms with Gasteiger partial charge in [-0.1, -0.05) is 12.8 Å². The summed E-state index contributed by atoms with van der Waals surface area (Å²) < 4.78 is 27.0. The molecule has 2 N–H and O–H groups in total. The largest absolute Gasteiger partial charge is 0.395 e. The van der Waals surface area contributed by atoms with Gasteiger partial charge in [0.05, 0.1) is 18.4 Å². The normalized spacial score (nSPS) is 20.6. The predicted octanol–water partition coefficient (Wildman–Crippen LogP) is 2.70. The molecule has 2 unspecified atom stereocenters. The van der Waals surface area contributed by atoms with E-state index in [2.05, 4.69) is 4.90 Å². The minimum atomic E-state index is -0.729. The Morgan fingerprint density at radius 1 is 1.26 bits per heavy atom. The Kier molecular flexibility index (Phi) is 8.60. The summed E-state index contributed by atoms with van der Waals surface area (Å²) in [6.45, 7) is 3.51. The quantitative estimate of drug-likeness (QED) is 0.643. The van der Waals surface area contributed by atoms with E-state index in [0.29, 0.717) is 13.0 Å². The number of benzene rings is 1. The molecule has 152 valence electrons. The van der Waals surface area contributed by atoms with Gasteiger partial charge in [-0.3, -0.25) is 9.69 Å². The van der Waals surface area contributed by atoms with E-state index in [9.17, 15) is 23.8 Å². The highest BCUT2D eigenvalue weighted by atomic mass is 19.1. The molecular formula is C20H30F2N2O3. The molecule has 0 bridgehead atoms. The van der Waals surface area contributed by atoms with Crippen LogP contribution in [-0.2, 0) is 4.79 Å². The molecule has 0 aliphatic carbocycles. The first-order chi connectivity index (χ1) is 12.9. The lowest BCUT2D eigenvalue weighted by Gasteiger charge is -2.36. The van der Waals surface area contributed by atoms with Gasteiger partial charge in [-0.25, -0.2) is 8.78 Å². The molecule has 1 fully saturated rings. The maximum absolute atomic E-state index is 13.9. The van der Waals surface area contributed by atoms with Crippen molar-refractivity contribution in [2.45, 2.75) is 57.6 Å². The van der Waals surface area contributed by atoms with Crippen LogP contribution < -0.4 is 4.90 Å². The second-order valence-electron chi connectivity index (χ2n) is 7.23. The molecule has 27 heavy (non-hydrogen) atoms. The van der Waals surface area contributed by atoms with Crippen molar-refractivity contribution in [2.75, 3.05) is 31.1 Å². The Hall–Kier alpha value is -1.57. The molecule has 0 aromatic heterocycles. The number of hydrogen-bond acceptors (Lipinski definition) is 4. The number of halogens is 2. The summed E-state index contributed by atoms with van der Waals surface area (Å²) in [6.07, 6.45) is 4.61. The van der Waals surface area contributed by atoms with Crippen LogP contribution >= 0.6 is 0 Å². The summed E-state index contributed by atoms with van der Waals surface area (Å²) in [6, 6.07) is 3.27. The molecule has 5 nitrogen and oxygen atoms in total. The zero-order valence-corrected chi connectivity index (χ0v) is 15.9. The fraction of sp³-hybridized carbons (Fsp3) is 0.650. The van der Waals surface area contributed by atoms with E-state index >= 15 is 0 Å². The van der Waals surface area contributed by atoms with Gasteiger partial charge in [0.2, 0.25) is 5.91 Å². The van der Waals surface area contributed by atoms with Crippen molar-refractivity contribution in [3.63, 3.8) is 0 Å². The minimum Gasteiger partial charge on any atom is -0.395 e. The van der Waals surface area contributed by atoms with Crippen LogP contribution in [0, 0.1) is 11.6 Å². The van der Waals surface area contributed by atoms with E-state index in [1.807, 2.05) is 0 Å². The van der Waals surface area contributed by atoms with Crippen LogP contribution in [0.25, 0.3) is 0 Å². The Morgan fingerprint density at radius 3 is 2.67 bits per heavy atom. The lowest BCUT2D eigenvalue weighted by Crippen LogP contribution is -2.46. The highest BCUT2D eigenvalue weighted by molar-refractivity contribution is 5.91. The number of piperidine rings is 1. The fourth-order valence-electron chi connectivity index (χ4n) is 3.65. The lowest BCUT2D eigenvalue weighted by molar-refractivity contribution is -0.116. The minimum absolute atomic E-state index is 0.0309. The first kappa shape index (κ1) is 21.7. The summed E-state index contributed by atoms with van der Waals surface area (Å²) in [5.41, 5.74) is 0.113. The van der Waals surface area contributed by atoms with Crippen LogP contribution in [0.15, 0.2) is 18.2 Å². The molecule has 1 amide bonds. The first-order valence-corrected chi connectivity index (χ1v) is 9.68. The highest BCUT2D eigenvalue weighted by Gasteiger charge is 2.26. The van der Waals surface area contributed by atoms with Crippen molar-refractivity contribution in [1.29, 1.82) is 0 Å². The van der Waals surface area contributed by atoms with Crippen molar-refractivity contribution in [1.82, 2.24) is 4.90 Å². The molecule has 1 aromatic rings. The molecule has 1 aromatic carbocycles. The Balaban J connectivity index is 1.72. The van der Waals surface area contributed by atoms with Gasteiger partial charge in [0.15, 0.2) is 0 Å².